The molecule has 1 N–H and O–H groups in total. The number of fused-ring (bicyclic) bond motifs is 3. The smallest absolute Gasteiger partial charge is 0.337 e. The van der Waals surface area contributed by atoms with Gasteiger partial charge >= 0.3 is 5.97 Å². The fourth-order valence-electron chi connectivity index (χ4n) is 4.20. The van der Waals surface area contributed by atoms with Crippen LogP contribution in [0.1, 0.15) is 60.6 Å². The van der Waals surface area contributed by atoms with Gasteiger partial charge in [-0.15, -0.1) is 0 Å². The van der Waals surface area contributed by atoms with Crippen molar-refractivity contribution in [1.29, 1.82) is 0 Å². The summed E-state index contributed by atoms with van der Waals surface area (Å²) in [5.41, 5.74) is 1.82. The lowest BCUT2D eigenvalue weighted by Gasteiger charge is -2.25. The number of carboxylic acids is 1. The zero-order valence-electron chi connectivity index (χ0n) is 13.9. The minimum atomic E-state index is -0.935. The number of carbonyl (C=O) groups is 1. The summed E-state index contributed by atoms with van der Waals surface area (Å²) in [6.45, 7) is 3.97. The molecule has 1 saturated heterocycles. The molecule has 1 aliphatic heterocycles. The molecule has 6 heteroatoms. The van der Waals surface area contributed by atoms with Gasteiger partial charge in [0.1, 0.15) is 12.3 Å². The number of hydrogen-bond acceptors (Lipinski definition) is 3. The van der Waals surface area contributed by atoms with Crippen molar-refractivity contribution in [2.45, 2.75) is 50.0 Å². The summed E-state index contributed by atoms with van der Waals surface area (Å²) in [7, 11) is 0. The number of halogens is 1. The highest BCUT2D eigenvalue weighted by Gasteiger charge is 2.57. The van der Waals surface area contributed by atoms with E-state index < -0.39 is 18.2 Å². The number of aromatic nitrogens is 2. The van der Waals surface area contributed by atoms with Gasteiger partial charge in [0.25, 0.3) is 0 Å². The first-order valence-corrected chi connectivity index (χ1v) is 8.34. The number of aromatic carboxylic acids is 1. The van der Waals surface area contributed by atoms with E-state index in [1.807, 2.05) is 26.1 Å². The van der Waals surface area contributed by atoms with E-state index in [1.54, 1.807) is 10.6 Å². The van der Waals surface area contributed by atoms with Crippen LogP contribution in [0.25, 0.3) is 5.65 Å². The normalized spacial score (nSPS) is 29.0. The Hall–Kier alpha value is -1.95. The van der Waals surface area contributed by atoms with Crippen LogP contribution in [0.15, 0.2) is 18.5 Å². The topological polar surface area (TPSA) is 63.8 Å². The van der Waals surface area contributed by atoms with Crippen LogP contribution in [0.4, 0.5) is 4.39 Å². The van der Waals surface area contributed by atoms with E-state index in [9.17, 15) is 14.3 Å². The van der Waals surface area contributed by atoms with E-state index in [-0.39, 0.29) is 11.3 Å². The van der Waals surface area contributed by atoms with E-state index in [0.29, 0.717) is 18.6 Å². The maximum absolute atomic E-state index is 13.3. The van der Waals surface area contributed by atoms with Crippen LogP contribution in [-0.4, -0.2) is 39.3 Å². The molecule has 0 spiro atoms. The van der Waals surface area contributed by atoms with Crippen LogP contribution in [-0.2, 0) is 10.2 Å². The zero-order valence-corrected chi connectivity index (χ0v) is 13.9. The Morgan fingerprint density at radius 2 is 2.25 bits per heavy atom. The van der Waals surface area contributed by atoms with Crippen LogP contribution >= 0.6 is 0 Å². The molecule has 1 saturated carbocycles. The Kier molecular flexibility index (Phi) is 3.26. The molecule has 0 amide bonds. The molecule has 2 aliphatic rings. The van der Waals surface area contributed by atoms with Crippen LogP contribution in [0.2, 0.25) is 0 Å². The molecule has 2 unspecified atom stereocenters. The van der Waals surface area contributed by atoms with E-state index >= 15 is 0 Å². The molecule has 5 nitrogen and oxygen atoms in total. The first-order chi connectivity index (χ1) is 11.4. The average Bonchev–Trinajstić information content (AvgIpc) is 3.25. The molecule has 128 valence electrons. The Morgan fingerprint density at radius 1 is 1.46 bits per heavy atom. The number of nitrogens with zero attached hydrogens (tertiary/aromatic N) is 2. The summed E-state index contributed by atoms with van der Waals surface area (Å²) in [6, 6.07) is 1.85. The van der Waals surface area contributed by atoms with Crippen LogP contribution in [0.5, 0.6) is 0 Å². The minimum absolute atomic E-state index is 0.0971. The summed E-state index contributed by atoms with van der Waals surface area (Å²) in [5, 5.41) is 9.47. The number of alkyl halides is 1. The van der Waals surface area contributed by atoms with Crippen molar-refractivity contribution in [3.8, 4) is 0 Å². The second-order valence-electron chi connectivity index (χ2n) is 7.56. The number of imidazole rings is 1. The number of hydrogen-bond donors (Lipinski definition) is 1. The predicted octanol–water partition coefficient (Wildman–Crippen LogP) is 3.32. The van der Waals surface area contributed by atoms with Gasteiger partial charge in [-0.3, -0.25) is 0 Å². The molecule has 0 radical (unpaired) electrons. The molecule has 2 fully saturated rings. The van der Waals surface area contributed by atoms with Crippen LogP contribution in [0, 0.1) is 0 Å². The van der Waals surface area contributed by atoms with Gasteiger partial charge in [-0.25, -0.2) is 14.2 Å². The van der Waals surface area contributed by atoms with Crippen molar-refractivity contribution >= 4 is 11.6 Å². The molecular weight excluding hydrogens is 311 g/mol. The maximum atomic E-state index is 13.3. The molecule has 1 aliphatic carbocycles. The van der Waals surface area contributed by atoms with Gasteiger partial charge in [-0.1, -0.05) is 13.8 Å². The van der Waals surface area contributed by atoms with Gasteiger partial charge in [0.2, 0.25) is 0 Å². The highest BCUT2D eigenvalue weighted by molar-refractivity contribution is 5.89. The van der Waals surface area contributed by atoms with Gasteiger partial charge in [0, 0.05) is 17.8 Å². The first-order valence-electron chi connectivity index (χ1n) is 8.34. The highest BCUT2D eigenvalue weighted by Crippen LogP contribution is 2.54. The van der Waals surface area contributed by atoms with Gasteiger partial charge in [0.05, 0.1) is 23.5 Å². The third-order valence-electron chi connectivity index (χ3n) is 5.64. The van der Waals surface area contributed by atoms with Crippen molar-refractivity contribution in [2.24, 2.45) is 0 Å². The largest absolute Gasteiger partial charge is 0.478 e. The summed E-state index contributed by atoms with van der Waals surface area (Å²) in [6.07, 6.45) is 5.75. The molecule has 3 heterocycles. The third-order valence-corrected chi connectivity index (χ3v) is 5.64. The fourth-order valence-corrected chi connectivity index (χ4v) is 4.20. The van der Waals surface area contributed by atoms with Crippen LogP contribution < -0.4 is 0 Å². The summed E-state index contributed by atoms with van der Waals surface area (Å²) < 4.78 is 20.9. The van der Waals surface area contributed by atoms with Crippen molar-refractivity contribution in [1.82, 2.24) is 9.38 Å². The molecule has 4 rings (SSSR count). The monoisotopic (exact) mass is 332 g/mol. The molecule has 2 atom stereocenters. The van der Waals surface area contributed by atoms with E-state index in [4.69, 9.17) is 9.72 Å². The molecule has 24 heavy (non-hydrogen) atoms. The molecule has 0 aromatic carbocycles. The second kappa shape index (κ2) is 5.02. The first kappa shape index (κ1) is 15.6. The quantitative estimate of drug-likeness (QED) is 0.933. The van der Waals surface area contributed by atoms with Crippen molar-refractivity contribution in [2.75, 3.05) is 13.3 Å². The molecule has 2 aromatic rings. The number of carboxylic acid groups (broad SMARTS) is 1. The Labute approximate surface area is 139 Å². The zero-order chi connectivity index (χ0) is 17.1. The summed E-state index contributed by atoms with van der Waals surface area (Å²) in [4.78, 5) is 16.3. The molecular formula is C18H21FN2O3. The lowest BCUT2D eigenvalue weighted by molar-refractivity contribution is -0.0356. The van der Waals surface area contributed by atoms with Crippen molar-refractivity contribution in [3.05, 3.63) is 35.3 Å². The Balaban J connectivity index is 1.81. The SMILES string of the molecule is CC(C)c1cc2nc(C34CCC(CF)(C3)OC4)cn2cc1C(=O)O. The van der Waals surface area contributed by atoms with Gasteiger partial charge in [-0.2, -0.15) is 0 Å². The van der Waals surface area contributed by atoms with Crippen molar-refractivity contribution in [3.63, 3.8) is 0 Å². The van der Waals surface area contributed by atoms with E-state index in [2.05, 4.69) is 0 Å². The Bertz CT molecular complexity index is 819. The number of rotatable bonds is 4. The molecule has 2 bridgehead atoms. The van der Waals surface area contributed by atoms with E-state index in [0.717, 1.165) is 29.7 Å². The Morgan fingerprint density at radius 3 is 2.79 bits per heavy atom. The third kappa shape index (κ3) is 2.09. The second-order valence-corrected chi connectivity index (χ2v) is 7.56. The lowest BCUT2D eigenvalue weighted by atomic mass is 9.84. The highest BCUT2D eigenvalue weighted by atomic mass is 19.1. The number of pyridine rings is 1. The lowest BCUT2D eigenvalue weighted by Crippen LogP contribution is -2.29. The van der Waals surface area contributed by atoms with Crippen molar-refractivity contribution < 1.29 is 19.0 Å². The van der Waals surface area contributed by atoms with Gasteiger partial charge in [0.15, 0.2) is 0 Å². The van der Waals surface area contributed by atoms with Gasteiger partial charge in [-0.05, 0) is 36.8 Å². The standard InChI is InChI=1S/C18H21FN2O3/c1-11(2)12-5-15-20-14(7-21(15)6-13(12)16(22)23)17-3-4-18(8-17,9-19)24-10-17/h5-7,11H,3-4,8-10H2,1-2H3,(H,22,23). The predicted molar refractivity (Wildman–Crippen MR) is 86.4 cm³/mol. The van der Waals surface area contributed by atoms with E-state index in [1.165, 1.54) is 0 Å². The fraction of sp³-hybridized carbons (Fsp3) is 0.556. The summed E-state index contributed by atoms with van der Waals surface area (Å²) in [5.74, 6) is -0.838. The number of ether oxygens (including phenoxy) is 1. The maximum Gasteiger partial charge on any atom is 0.337 e. The van der Waals surface area contributed by atoms with Crippen LogP contribution in [0.3, 0.4) is 0 Å². The average molecular weight is 332 g/mol. The summed E-state index contributed by atoms with van der Waals surface area (Å²) >= 11 is 0. The molecule has 2 aromatic heterocycles. The minimum Gasteiger partial charge on any atom is -0.478 e. The van der Waals surface area contributed by atoms with Gasteiger partial charge < -0.3 is 14.2 Å².